The lowest BCUT2D eigenvalue weighted by Gasteiger charge is -2.15. The zero-order chi connectivity index (χ0) is 11.5. The van der Waals surface area contributed by atoms with Crippen molar-refractivity contribution in [3.8, 4) is 0 Å². The van der Waals surface area contributed by atoms with Crippen LogP contribution in [0.4, 0.5) is 11.5 Å². The van der Waals surface area contributed by atoms with Gasteiger partial charge >= 0.3 is 0 Å². The summed E-state index contributed by atoms with van der Waals surface area (Å²) in [6.07, 6.45) is 3.09. The maximum absolute atomic E-state index is 11.9. The number of H-pyrrole nitrogens is 1. The molecule has 16 heavy (non-hydrogen) atoms. The van der Waals surface area contributed by atoms with Crippen LogP contribution in [0.25, 0.3) is 0 Å². The fourth-order valence-electron chi connectivity index (χ4n) is 1.96. The van der Waals surface area contributed by atoms with Crippen molar-refractivity contribution in [1.29, 1.82) is 0 Å². The number of aromatic amines is 1. The largest absolute Gasteiger partial charge is 0.394 e. The first-order valence-corrected chi connectivity index (χ1v) is 5.43. The molecule has 2 rings (SSSR count). The summed E-state index contributed by atoms with van der Waals surface area (Å²) in [5.74, 6) is 0.319. The predicted octanol–water partition coefficient (Wildman–Crippen LogP) is 0.745. The average molecular weight is 224 g/mol. The van der Waals surface area contributed by atoms with Gasteiger partial charge in [-0.3, -0.25) is 9.89 Å². The molecule has 6 heteroatoms. The van der Waals surface area contributed by atoms with E-state index in [1.807, 2.05) is 6.92 Å². The summed E-state index contributed by atoms with van der Waals surface area (Å²) in [5.41, 5.74) is 6.06. The van der Waals surface area contributed by atoms with Crippen LogP contribution in [0.15, 0.2) is 6.20 Å². The molecule has 4 N–H and O–H groups in total. The third-order valence-corrected chi connectivity index (χ3v) is 2.87. The highest BCUT2D eigenvalue weighted by Gasteiger charge is 2.33. The third kappa shape index (κ3) is 2.01. The molecule has 1 aliphatic rings. The van der Waals surface area contributed by atoms with Crippen LogP contribution in [-0.4, -0.2) is 28.8 Å². The first kappa shape index (κ1) is 10.9. The molecule has 0 spiro atoms. The normalized spacial score (nSPS) is 24.6. The number of amides is 1. The van der Waals surface area contributed by atoms with E-state index in [4.69, 9.17) is 10.5 Å². The van der Waals surface area contributed by atoms with E-state index < -0.39 is 0 Å². The number of anilines is 2. The fraction of sp³-hybridized carbons (Fsp3) is 0.600. The molecule has 1 aliphatic heterocycles. The quantitative estimate of drug-likeness (QED) is 0.706. The van der Waals surface area contributed by atoms with E-state index in [1.54, 1.807) is 0 Å². The van der Waals surface area contributed by atoms with Crippen molar-refractivity contribution >= 4 is 17.4 Å². The van der Waals surface area contributed by atoms with Crippen molar-refractivity contribution in [3.63, 3.8) is 0 Å². The topological polar surface area (TPSA) is 93.0 Å². The zero-order valence-electron chi connectivity index (χ0n) is 9.19. The van der Waals surface area contributed by atoms with Crippen molar-refractivity contribution in [3.05, 3.63) is 6.20 Å². The molecule has 1 aromatic heterocycles. The van der Waals surface area contributed by atoms with Gasteiger partial charge in [-0.15, -0.1) is 0 Å². The molecule has 1 fully saturated rings. The van der Waals surface area contributed by atoms with Crippen molar-refractivity contribution in [2.24, 2.45) is 5.92 Å². The molecule has 6 nitrogen and oxygen atoms in total. The standard InChI is InChI=1S/C10H16N4O2/c1-2-8-6(3-4-16-8)10(15)13-9-7(11)5-12-14-9/h5-6,8H,2-4,11H2,1H3,(H2,12,13,14,15). The van der Waals surface area contributed by atoms with E-state index in [0.717, 1.165) is 12.8 Å². The minimum Gasteiger partial charge on any atom is -0.394 e. The minimum absolute atomic E-state index is 0.0177. The fourth-order valence-corrected chi connectivity index (χ4v) is 1.96. The molecule has 0 aromatic carbocycles. The van der Waals surface area contributed by atoms with Gasteiger partial charge in [-0.2, -0.15) is 5.10 Å². The number of hydrogen-bond donors (Lipinski definition) is 3. The lowest BCUT2D eigenvalue weighted by Crippen LogP contribution is -2.29. The number of carbonyl (C=O) groups excluding carboxylic acids is 1. The van der Waals surface area contributed by atoms with Gasteiger partial charge in [0.25, 0.3) is 0 Å². The number of nitrogens with two attached hydrogens (primary N) is 1. The van der Waals surface area contributed by atoms with Gasteiger partial charge in [-0.25, -0.2) is 0 Å². The number of rotatable bonds is 3. The van der Waals surface area contributed by atoms with Crippen molar-refractivity contribution in [2.75, 3.05) is 17.7 Å². The van der Waals surface area contributed by atoms with Crippen molar-refractivity contribution in [1.82, 2.24) is 10.2 Å². The SMILES string of the molecule is CCC1OCCC1C(=O)Nc1[nH]ncc1N. The minimum atomic E-state index is -0.0901. The lowest BCUT2D eigenvalue weighted by molar-refractivity contribution is -0.121. The van der Waals surface area contributed by atoms with Crippen LogP contribution in [0.5, 0.6) is 0 Å². The molecule has 0 bridgehead atoms. The summed E-state index contributed by atoms with van der Waals surface area (Å²) in [5, 5.41) is 9.12. The Morgan fingerprint density at radius 1 is 1.81 bits per heavy atom. The summed E-state index contributed by atoms with van der Waals surface area (Å²) in [4.78, 5) is 11.9. The second-order valence-corrected chi connectivity index (χ2v) is 3.90. The predicted molar refractivity (Wildman–Crippen MR) is 59.8 cm³/mol. The Morgan fingerprint density at radius 3 is 3.25 bits per heavy atom. The number of carbonyl (C=O) groups is 1. The van der Waals surface area contributed by atoms with Crippen LogP contribution in [0.2, 0.25) is 0 Å². The summed E-state index contributed by atoms with van der Waals surface area (Å²) < 4.78 is 5.47. The molecule has 0 radical (unpaired) electrons. The van der Waals surface area contributed by atoms with Crippen LogP contribution in [0.3, 0.4) is 0 Å². The van der Waals surface area contributed by atoms with Crippen LogP contribution in [-0.2, 0) is 9.53 Å². The summed E-state index contributed by atoms with van der Waals surface area (Å²) in [6, 6.07) is 0. The van der Waals surface area contributed by atoms with Crippen LogP contribution in [0, 0.1) is 5.92 Å². The van der Waals surface area contributed by atoms with Crippen LogP contribution >= 0.6 is 0 Å². The molecular weight excluding hydrogens is 208 g/mol. The zero-order valence-corrected chi connectivity index (χ0v) is 9.19. The van der Waals surface area contributed by atoms with Gasteiger partial charge in [-0.05, 0) is 12.8 Å². The van der Waals surface area contributed by atoms with Crippen molar-refractivity contribution in [2.45, 2.75) is 25.9 Å². The van der Waals surface area contributed by atoms with E-state index in [1.165, 1.54) is 6.20 Å². The van der Waals surface area contributed by atoms with Crippen molar-refractivity contribution < 1.29 is 9.53 Å². The molecule has 1 saturated heterocycles. The summed E-state index contributed by atoms with van der Waals surface area (Å²) >= 11 is 0. The highest BCUT2D eigenvalue weighted by atomic mass is 16.5. The molecule has 0 saturated carbocycles. The molecule has 2 unspecified atom stereocenters. The molecule has 2 atom stereocenters. The number of hydrogen-bond acceptors (Lipinski definition) is 4. The maximum Gasteiger partial charge on any atom is 0.231 e. The number of nitrogens with zero attached hydrogens (tertiary/aromatic N) is 1. The Bertz CT molecular complexity index is 377. The molecule has 1 amide bonds. The molecule has 0 aliphatic carbocycles. The third-order valence-electron chi connectivity index (χ3n) is 2.87. The van der Waals surface area contributed by atoms with Crippen LogP contribution in [0.1, 0.15) is 19.8 Å². The van der Waals surface area contributed by atoms with E-state index in [9.17, 15) is 4.79 Å². The van der Waals surface area contributed by atoms with E-state index in [0.29, 0.717) is 18.1 Å². The monoisotopic (exact) mass is 224 g/mol. The van der Waals surface area contributed by atoms with E-state index in [2.05, 4.69) is 15.5 Å². The maximum atomic E-state index is 11.9. The van der Waals surface area contributed by atoms with Gasteiger partial charge in [0.15, 0.2) is 5.82 Å². The summed E-state index contributed by atoms with van der Waals surface area (Å²) in [6.45, 7) is 2.66. The van der Waals surface area contributed by atoms with E-state index >= 15 is 0 Å². The van der Waals surface area contributed by atoms with Gasteiger partial charge in [0, 0.05) is 6.61 Å². The molecular formula is C10H16N4O2. The molecule has 1 aromatic rings. The number of nitrogens with one attached hydrogen (secondary N) is 2. The average Bonchev–Trinajstić information content (AvgIpc) is 2.87. The Morgan fingerprint density at radius 2 is 2.62 bits per heavy atom. The first-order chi connectivity index (χ1) is 7.72. The Hall–Kier alpha value is -1.56. The van der Waals surface area contributed by atoms with E-state index in [-0.39, 0.29) is 17.9 Å². The Kier molecular flexibility index (Phi) is 3.09. The Balaban J connectivity index is 2.00. The van der Waals surface area contributed by atoms with Crippen LogP contribution < -0.4 is 11.1 Å². The first-order valence-electron chi connectivity index (χ1n) is 5.43. The van der Waals surface area contributed by atoms with Gasteiger partial charge < -0.3 is 15.8 Å². The van der Waals surface area contributed by atoms with Gasteiger partial charge in [0.2, 0.25) is 5.91 Å². The highest BCUT2D eigenvalue weighted by molar-refractivity contribution is 5.94. The number of nitrogen functional groups attached to an aromatic ring is 1. The van der Waals surface area contributed by atoms with Gasteiger partial charge in [0.05, 0.1) is 23.9 Å². The Labute approximate surface area is 93.5 Å². The summed E-state index contributed by atoms with van der Waals surface area (Å²) in [7, 11) is 0. The second kappa shape index (κ2) is 4.52. The number of aromatic nitrogens is 2. The molecule has 88 valence electrons. The highest BCUT2D eigenvalue weighted by Crippen LogP contribution is 2.25. The second-order valence-electron chi connectivity index (χ2n) is 3.90. The smallest absolute Gasteiger partial charge is 0.231 e. The lowest BCUT2D eigenvalue weighted by atomic mass is 9.99. The molecule has 2 heterocycles. The number of ether oxygens (including phenoxy) is 1. The van der Waals surface area contributed by atoms with Gasteiger partial charge in [-0.1, -0.05) is 6.92 Å². The van der Waals surface area contributed by atoms with Gasteiger partial charge in [0.1, 0.15) is 0 Å².